The van der Waals surface area contributed by atoms with Crippen LogP contribution in [0.25, 0.3) is 0 Å². The molecule has 4 aliphatic rings. The lowest BCUT2D eigenvalue weighted by Gasteiger charge is -2.36. The van der Waals surface area contributed by atoms with Gasteiger partial charge in [-0.05, 0) is 63.4 Å². The van der Waals surface area contributed by atoms with E-state index in [9.17, 15) is 24.3 Å². The number of anilines is 2. The van der Waals surface area contributed by atoms with Gasteiger partial charge >= 0.3 is 5.97 Å². The zero-order valence-corrected chi connectivity index (χ0v) is 29.3. The highest BCUT2D eigenvalue weighted by Gasteiger charge is 2.73. The number of ether oxygens (including phenoxy) is 2. The summed E-state index contributed by atoms with van der Waals surface area (Å²) < 4.78 is 12.9. The second kappa shape index (κ2) is 14.8. The summed E-state index contributed by atoms with van der Waals surface area (Å²) in [7, 11) is 1.71. The van der Waals surface area contributed by atoms with Gasteiger partial charge < -0.3 is 34.2 Å². The van der Waals surface area contributed by atoms with Crippen molar-refractivity contribution >= 4 is 35.1 Å². The van der Waals surface area contributed by atoms with Crippen molar-refractivity contribution in [2.75, 3.05) is 49.6 Å². The summed E-state index contributed by atoms with van der Waals surface area (Å²) in [4.78, 5) is 64.1. The molecule has 1 spiro atoms. The first kappa shape index (κ1) is 35.3. The third-order valence-corrected chi connectivity index (χ3v) is 10.8. The predicted octanol–water partition coefficient (Wildman–Crippen LogP) is 3.88. The van der Waals surface area contributed by atoms with Crippen LogP contribution in [0.2, 0.25) is 0 Å². The van der Waals surface area contributed by atoms with Crippen LogP contribution in [0.15, 0.2) is 78.9 Å². The number of esters is 1. The van der Waals surface area contributed by atoms with Crippen molar-refractivity contribution in [3.05, 3.63) is 84.5 Å². The lowest BCUT2D eigenvalue weighted by Crippen LogP contribution is -2.56. The summed E-state index contributed by atoms with van der Waals surface area (Å²) in [5.74, 6) is -3.46. The van der Waals surface area contributed by atoms with Gasteiger partial charge in [0.05, 0.1) is 18.1 Å². The molecule has 5 bridgehead atoms. The van der Waals surface area contributed by atoms with Crippen LogP contribution in [-0.2, 0) is 28.7 Å². The minimum absolute atomic E-state index is 0.109. The topological polar surface area (TPSA) is 120 Å². The van der Waals surface area contributed by atoms with Crippen molar-refractivity contribution in [3.63, 3.8) is 0 Å². The number of hydrogen-bond acceptors (Lipinski definition) is 8. The Bertz CT molecular complexity index is 1620. The number of amides is 3. The molecule has 2 saturated heterocycles. The number of aliphatic hydroxyl groups is 1. The molecule has 266 valence electrons. The Hall–Kier alpha value is -4.48. The van der Waals surface area contributed by atoms with Crippen LogP contribution in [0.1, 0.15) is 51.7 Å². The number of hydrogen-bond donors (Lipinski definition) is 1. The van der Waals surface area contributed by atoms with Gasteiger partial charge in [0, 0.05) is 57.6 Å². The molecule has 0 aliphatic carbocycles. The number of likely N-dealkylation sites (N-methyl/N-ethyl adjacent to an activating group) is 1. The van der Waals surface area contributed by atoms with E-state index < -0.39 is 47.7 Å². The molecule has 0 unspecified atom stereocenters. The third kappa shape index (κ3) is 6.21. The quantitative estimate of drug-likeness (QED) is 0.329. The Morgan fingerprint density at radius 3 is 2.36 bits per heavy atom. The number of carbonyl (C=O) groups excluding carboxylic acids is 4. The summed E-state index contributed by atoms with van der Waals surface area (Å²) in [5, 5.41) is 9.79. The zero-order valence-electron chi connectivity index (χ0n) is 29.3. The molecule has 1 N–H and O–H groups in total. The molecule has 2 fully saturated rings. The van der Waals surface area contributed by atoms with E-state index in [1.165, 1.54) is 4.90 Å². The van der Waals surface area contributed by atoms with Gasteiger partial charge in [-0.2, -0.15) is 0 Å². The molecule has 11 nitrogen and oxygen atoms in total. The van der Waals surface area contributed by atoms with Crippen LogP contribution in [0, 0.1) is 11.8 Å². The van der Waals surface area contributed by atoms with Gasteiger partial charge in [0.15, 0.2) is 0 Å². The highest BCUT2D eigenvalue weighted by molar-refractivity contribution is 6.05. The number of aliphatic hydroxyl groups excluding tert-OH is 1. The number of cyclic esters (lactones) is 1. The van der Waals surface area contributed by atoms with E-state index in [1.54, 1.807) is 29.0 Å². The van der Waals surface area contributed by atoms with Crippen molar-refractivity contribution in [3.8, 4) is 0 Å². The van der Waals surface area contributed by atoms with Crippen LogP contribution in [-0.4, -0.2) is 102 Å². The van der Waals surface area contributed by atoms with Crippen LogP contribution in [0.5, 0.6) is 0 Å². The number of nitrogens with zero attached hydrogens (tertiary/aromatic N) is 4. The number of likely N-dealkylation sites (tertiary alicyclic amines) is 1. The van der Waals surface area contributed by atoms with Gasteiger partial charge in [0.1, 0.15) is 23.7 Å². The van der Waals surface area contributed by atoms with Crippen molar-refractivity contribution in [1.82, 2.24) is 9.80 Å². The van der Waals surface area contributed by atoms with Crippen LogP contribution < -0.4 is 9.80 Å². The zero-order chi connectivity index (χ0) is 35.6. The molecule has 2 aromatic carbocycles. The first-order valence-electron chi connectivity index (χ1n) is 17.8. The maximum Gasteiger partial charge on any atom is 0.313 e. The lowest BCUT2D eigenvalue weighted by molar-refractivity contribution is -0.164. The van der Waals surface area contributed by atoms with Crippen molar-refractivity contribution in [1.29, 1.82) is 0 Å². The second-order valence-electron chi connectivity index (χ2n) is 13.5. The van der Waals surface area contributed by atoms with Crippen molar-refractivity contribution in [2.24, 2.45) is 11.8 Å². The highest BCUT2D eigenvalue weighted by atomic mass is 16.6. The average Bonchev–Trinajstić information content (AvgIpc) is 3.78. The maximum atomic E-state index is 15.0. The summed E-state index contributed by atoms with van der Waals surface area (Å²) >= 11 is 0. The Morgan fingerprint density at radius 1 is 0.960 bits per heavy atom. The normalized spacial score (nSPS) is 30.5. The SMILES string of the molecule is CCN(CC)c1ccc(N2C/C=C\CCC(=O)N(C)[C@@H](C)[C@H](c3ccccc3)OC(=O)[C@@H]3[C@H]4C(=O)N(CCCO)[C@H](C2=O)[C@]42C=C[C@H]3O2)cc1. The van der Waals surface area contributed by atoms with Gasteiger partial charge in [-0.15, -0.1) is 0 Å². The maximum absolute atomic E-state index is 15.0. The molecule has 11 heteroatoms. The predicted molar refractivity (Wildman–Crippen MR) is 189 cm³/mol. The second-order valence-corrected chi connectivity index (χ2v) is 13.5. The van der Waals surface area contributed by atoms with E-state index in [0.29, 0.717) is 12.1 Å². The van der Waals surface area contributed by atoms with Gasteiger partial charge in [-0.3, -0.25) is 19.2 Å². The van der Waals surface area contributed by atoms with Crippen LogP contribution >= 0.6 is 0 Å². The van der Waals surface area contributed by atoms with Gasteiger partial charge in [0.2, 0.25) is 11.8 Å². The number of allylic oxidation sites excluding steroid dienone is 1. The molecule has 50 heavy (non-hydrogen) atoms. The Labute approximate surface area is 294 Å². The average molecular weight is 685 g/mol. The number of fused-ring (bicyclic) bond motifs is 2. The summed E-state index contributed by atoms with van der Waals surface area (Å²) in [6.45, 7) is 7.84. The molecular weight excluding hydrogens is 636 g/mol. The summed E-state index contributed by atoms with van der Waals surface area (Å²) in [6, 6.07) is 15.4. The van der Waals surface area contributed by atoms with E-state index in [1.807, 2.05) is 73.7 Å². The molecule has 7 atom stereocenters. The minimum Gasteiger partial charge on any atom is -0.455 e. The fraction of sp³-hybridized carbons (Fsp3) is 0.487. The molecule has 0 radical (unpaired) electrons. The number of carbonyl (C=O) groups is 4. The smallest absolute Gasteiger partial charge is 0.313 e. The molecule has 0 aromatic heterocycles. The molecule has 3 amide bonds. The largest absolute Gasteiger partial charge is 0.455 e. The monoisotopic (exact) mass is 684 g/mol. The Balaban J connectivity index is 1.43. The van der Waals surface area contributed by atoms with E-state index in [-0.39, 0.29) is 50.3 Å². The molecule has 6 rings (SSSR count). The lowest BCUT2D eigenvalue weighted by atomic mass is 9.74. The van der Waals surface area contributed by atoms with E-state index >= 15 is 0 Å². The van der Waals surface area contributed by atoms with Crippen LogP contribution in [0.3, 0.4) is 0 Å². The number of rotatable bonds is 8. The standard InChI is InChI=1S/C39H48N4O7/c1-5-41(6-2)28-17-19-29(20-18-28)42-23-12-8-11-16-31(45)40(4)26(3)34(27-14-9-7-10-15-27)49-38(48)32-30-21-22-39(50-30)33(32)36(46)43(24-13-25-44)35(39)37(42)47/h7-10,12,14-15,17-22,26,30,32-35,44H,5-6,11,13,16,23-25H2,1-4H3/b12-8-/t26-,30+,32-,33-,34+,35+,39-/m0/s1. The van der Waals surface area contributed by atoms with Crippen LogP contribution in [0.4, 0.5) is 11.4 Å². The van der Waals surface area contributed by atoms with Crippen molar-refractivity contribution in [2.45, 2.75) is 69.9 Å². The summed E-state index contributed by atoms with van der Waals surface area (Å²) in [6.07, 6.45) is 6.68. The fourth-order valence-corrected chi connectivity index (χ4v) is 8.00. The van der Waals surface area contributed by atoms with E-state index in [2.05, 4.69) is 18.7 Å². The molecule has 0 saturated carbocycles. The van der Waals surface area contributed by atoms with E-state index in [0.717, 1.165) is 24.3 Å². The van der Waals surface area contributed by atoms with Gasteiger partial charge in [-0.25, -0.2) is 0 Å². The van der Waals surface area contributed by atoms with Crippen molar-refractivity contribution < 1.29 is 33.8 Å². The first-order chi connectivity index (χ1) is 24.2. The molecule has 2 aromatic rings. The Kier molecular flexibility index (Phi) is 10.5. The highest BCUT2D eigenvalue weighted by Crippen LogP contribution is 2.56. The third-order valence-electron chi connectivity index (χ3n) is 10.8. The first-order valence-corrected chi connectivity index (χ1v) is 17.8. The van der Waals surface area contributed by atoms with E-state index in [4.69, 9.17) is 9.47 Å². The van der Waals surface area contributed by atoms with Gasteiger partial charge in [-0.1, -0.05) is 54.6 Å². The Morgan fingerprint density at radius 2 is 1.68 bits per heavy atom. The minimum atomic E-state index is -1.39. The fourth-order valence-electron chi connectivity index (χ4n) is 8.00. The molecule has 4 heterocycles. The number of benzene rings is 2. The summed E-state index contributed by atoms with van der Waals surface area (Å²) in [5.41, 5.74) is 0.999. The van der Waals surface area contributed by atoms with Gasteiger partial charge in [0.25, 0.3) is 5.91 Å². The molecule has 4 aliphatic heterocycles. The molecular formula is C39H48N4O7.